The van der Waals surface area contributed by atoms with Gasteiger partial charge in [-0.2, -0.15) is 13.2 Å². The van der Waals surface area contributed by atoms with Gasteiger partial charge in [-0.05, 0) is 18.9 Å². The molecule has 1 aromatic heterocycles. The molecule has 0 aliphatic carbocycles. The SMILES string of the molecule is C[C@H](O)C#Cc1nccc(C(F)(F)F)n1. The van der Waals surface area contributed by atoms with Crippen LogP contribution in [0.4, 0.5) is 13.2 Å². The van der Waals surface area contributed by atoms with Gasteiger partial charge in [0.25, 0.3) is 0 Å². The van der Waals surface area contributed by atoms with Gasteiger partial charge in [-0.15, -0.1) is 0 Å². The summed E-state index contributed by atoms with van der Waals surface area (Å²) >= 11 is 0. The second-order valence-corrected chi connectivity index (χ2v) is 2.71. The summed E-state index contributed by atoms with van der Waals surface area (Å²) in [5.74, 6) is 4.23. The number of hydrogen-bond donors (Lipinski definition) is 1. The maximum absolute atomic E-state index is 12.2. The molecule has 0 radical (unpaired) electrons. The maximum atomic E-state index is 12.2. The number of alkyl halides is 3. The lowest BCUT2D eigenvalue weighted by molar-refractivity contribution is -0.141. The summed E-state index contributed by atoms with van der Waals surface area (Å²) in [5.41, 5.74) is -1.05. The van der Waals surface area contributed by atoms with E-state index in [9.17, 15) is 13.2 Å². The summed E-state index contributed by atoms with van der Waals surface area (Å²) < 4.78 is 36.5. The third-order valence-electron chi connectivity index (χ3n) is 1.34. The zero-order chi connectivity index (χ0) is 11.5. The van der Waals surface area contributed by atoms with Crippen LogP contribution in [-0.2, 0) is 6.18 Å². The number of aromatic nitrogens is 2. The lowest BCUT2D eigenvalue weighted by Crippen LogP contribution is -2.09. The molecule has 0 saturated carbocycles. The van der Waals surface area contributed by atoms with Crippen LogP contribution >= 0.6 is 0 Å². The van der Waals surface area contributed by atoms with Crippen LogP contribution in [0.5, 0.6) is 0 Å². The van der Waals surface area contributed by atoms with Gasteiger partial charge in [0, 0.05) is 6.20 Å². The topological polar surface area (TPSA) is 46.0 Å². The predicted molar refractivity (Wildman–Crippen MR) is 45.6 cm³/mol. The van der Waals surface area contributed by atoms with Gasteiger partial charge in [0.1, 0.15) is 11.8 Å². The highest BCUT2D eigenvalue weighted by molar-refractivity contribution is 5.23. The van der Waals surface area contributed by atoms with Gasteiger partial charge in [-0.3, -0.25) is 0 Å². The normalized spacial score (nSPS) is 12.9. The molecule has 0 aliphatic rings. The number of nitrogens with zero attached hydrogens (tertiary/aromatic N) is 2. The minimum atomic E-state index is -4.51. The Morgan fingerprint density at radius 1 is 1.47 bits per heavy atom. The van der Waals surface area contributed by atoms with Crippen molar-refractivity contribution in [3.63, 3.8) is 0 Å². The Balaban J connectivity index is 3.00. The van der Waals surface area contributed by atoms with E-state index in [4.69, 9.17) is 5.11 Å². The zero-order valence-electron chi connectivity index (χ0n) is 7.71. The third-order valence-corrected chi connectivity index (χ3v) is 1.34. The Labute approximate surface area is 84.0 Å². The van der Waals surface area contributed by atoms with E-state index < -0.39 is 18.0 Å². The Hall–Kier alpha value is -1.61. The molecule has 1 atom stereocenters. The van der Waals surface area contributed by atoms with Gasteiger partial charge in [-0.25, -0.2) is 9.97 Å². The highest BCUT2D eigenvalue weighted by Gasteiger charge is 2.32. The fourth-order valence-corrected chi connectivity index (χ4v) is 0.746. The molecule has 0 aromatic carbocycles. The standard InChI is InChI=1S/C9H7F3N2O/c1-6(15)2-3-8-13-5-4-7(14-8)9(10,11)12/h4-6,15H,1H3/t6-/m0/s1. The molecule has 0 aliphatic heterocycles. The summed E-state index contributed by atoms with van der Waals surface area (Å²) in [6.45, 7) is 1.39. The molecule has 0 fully saturated rings. The van der Waals surface area contributed by atoms with Gasteiger partial charge >= 0.3 is 6.18 Å². The highest BCUT2D eigenvalue weighted by Crippen LogP contribution is 2.26. The van der Waals surface area contributed by atoms with E-state index in [0.717, 1.165) is 12.3 Å². The molecule has 15 heavy (non-hydrogen) atoms. The molecular formula is C9H7F3N2O. The smallest absolute Gasteiger partial charge is 0.381 e. The average Bonchev–Trinajstić information content (AvgIpc) is 2.14. The van der Waals surface area contributed by atoms with Crippen molar-refractivity contribution in [1.82, 2.24) is 9.97 Å². The van der Waals surface area contributed by atoms with Gasteiger partial charge in [0.15, 0.2) is 0 Å². The minimum Gasteiger partial charge on any atom is -0.381 e. The summed E-state index contributed by atoms with van der Waals surface area (Å²) in [6.07, 6.45) is -4.46. The zero-order valence-corrected chi connectivity index (χ0v) is 7.71. The number of aliphatic hydroxyl groups excluding tert-OH is 1. The first-order valence-corrected chi connectivity index (χ1v) is 3.99. The van der Waals surface area contributed by atoms with E-state index in [-0.39, 0.29) is 5.82 Å². The molecule has 0 amide bonds. The molecule has 1 aromatic rings. The van der Waals surface area contributed by atoms with Gasteiger partial charge in [0.05, 0.1) is 0 Å². The lowest BCUT2D eigenvalue weighted by Gasteiger charge is -2.03. The van der Waals surface area contributed by atoms with E-state index in [0.29, 0.717) is 0 Å². The van der Waals surface area contributed by atoms with Crippen LogP contribution in [0.2, 0.25) is 0 Å². The van der Waals surface area contributed by atoms with Gasteiger partial charge in [-0.1, -0.05) is 5.92 Å². The second kappa shape index (κ2) is 4.28. The third kappa shape index (κ3) is 3.56. The first-order chi connectivity index (χ1) is 6.89. The average molecular weight is 216 g/mol. The van der Waals surface area contributed by atoms with Crippen molar-refractivity contribution in [3.05, 3.63) is 23.8 Å². The summed E-state index contributed by atoms with van der Waals surface area (Å²) in [5, 5.41) is 8.79. The molecule has 80 valence electrons. The summed E-state index contributed by atoms with van der Waals surface area (Å²) in [6, 6.07) is 0.757. The van der Waals surface area contributed by atoms with E-state index in [1.165, 1.54) is 6.92 Å². The van der Waals surface area contributed by atoms with Crippen molar-refractivity contribution in [2.24, 2.45) is 0 Å². The van der Waals surface area contributed by atoms with Crippen LogP contribution in [0.3, 0.4) is 0 Å². The predicted octanol–water partition coefficient (Wildman–Crippen LogP) is 1.23. The van der Waals surface area contributed by atoms with Crippen LogP contribution in [-0.4, -0.2) is 21.2 Å². The van der Waals surface area contributed by atoms with Crippen molar-refractivity contribution >= 4 is 0 Å². The molecule has 0 saturated heterocycles. The molecular weight excluding hydrogens is 209 g/mol. The summed E-state index contributed by atoms with van der Waals surface area (Å²) in [4.78, 5) is 6.72. The van der Waals surface area contributed by atoms with Crippen LogP contribution in [0.25, 0.3) is 0 Å². The molecule has 1 heterocycles. The largest absolute Gasteiger partial charge is 0.433 e. The van der Waals surface area contributed by atoms with Crippen molar-refractivity contribution in [2.75, 3.05) is 0 Å². The minimum absolute atomic E-state index is 0.259. The van der Waals surface area contributed by atoms with Crippen molar-refractivity contribution in [3.8, 4) is 11.8 Å². The van der Waals surface area contributed by atoms with Crippen molar-refractivity contribution in [2.45, 2.75) is 19.2 Å². The number of rotatable bonds is 0. The molecule has 0 unspecified atom stereocenters. The summed E-state index contributed by atoms with van der Waals surface area (Å²) in [7, 11) is 0. The number of aliphatic hydroxyl groups is 1. The molecule has 0 bridgehead atoms. The Kier molecular flexibility index (Phi) is 3.27. The first kappa shape index (κ1) is 11.5. The van der Waals surface area contributed by atoms with Crippen LogP contribution in [0, 0.1) is 11.8 Å². The second-order valence-electron chi connectivity index (χ2n) is 2.71. The highest BCUT2D eigenvalue weighted by atomic mass is 19.4. The van der Waals surface area contributed by atoms with Gasteiger partial charge in [0.2, 0.25) is 5.82 Å². The Morgan fingerprint density at radius 3 is 2.67 bits per heavy atom. The molecule has 1 rings (SSSR count). The van der Waals surface area contributed by atoms with E-state index in [2.05, 4.69) is 21.8 Å². The fraction of sp³-hybridized carbons (Fsp3) is 0.333. The monoisotopic (exact) mass is 216 g/mol. The van der Waals surface area contributed by atoms with Crippen molar-refractivity contribution < 1.29 is 18.3 Å². The molecule has 1 N–H and O–H groups in total. The molecule has 6 heteroatoms. The first-order valence-electron chi connectivity index (χ1n) is 3.99. The van der Waals surface area contributed by atoms with E-state index in [1.54, 1.807) is 0 Å². The molecule has 0 spiro atoms. The quantitative estimate of drug-likeness (QED) is 0.663. The fourth-order valence-electron chi connectivity index (χ4n) is 0.746. The van der Waals surface area contributed by atoms with E-state index >= 15 is 0 Å². The Bertz CT molecular complexity index is 404. The number of halogens is 3. The van der Waals surface area contributed by atoms with Crippen LogP contribution < -0.4 is 0 Å². The van der Waals surface area contributed by atoms with E-state index in [1.807, 2.05) is 0 Å². The maximum Gasteiger partial charge on any atom is 0.433 e. The number of hydrogen-bond acceptors (Lipinski definition) is 3. The van der Waals surface area contributed by atoms with Crippen LogP contribution in [0.15, 0.2) is 12.3 Å². The Morgan fingerprint density at radius 2 is 2.13 bits per heavy atom. The van der Waals surface area contributed by atoms with Gasteiger partial charge < -0.3 is 5.11 Å². The van der Waals surface area contributed by atoms with Crippen LogP contribution in [0.1, 0.15) is 18.4 Å². The lowest BCUT2D eigenvalue weighted by atomic mass is 10.3. The molecule has 3 nitrogen and oxygen atoms in total. The van der Waals surface area contributed by atoms with Crippen molar-refractivity contribution in [1.29, 1.82) is 0 Å².